The van der Waals surface area contributed by atoms with E-state index in [2.05, 4.69) is 5.32 Å². The lowest BCUT2D eigenvalue weighted by molar-refractivity contribution is -0.922. The molecule has 0 aliphatic carbocycles. The van der Waals surface area contributed by atoms with Gasteiger partial charge in [-0.25, -0.2) is 9.59 Å². The maximum absolute atomic E-state index is 13.4. The maximum atomic E-state index is 13.4. The number of ether oxygens (including phenoxy) is 2. The first kappa shape index (κ1) is 25.7. The van der Waals surface area contributed by atoms with Gasteiger partial charge in [0.2, 0.25) is 0 Å². The van der Waals surface area contributed by atoms with Crippen molar-refractivity contribution in [1.29, 1.82) is 0 Å². The molecule has 0 bridgehead atoms. The molecule has 1 unspecified atom stereocenters. The van der Waals surface area contributed by atoms with Gasteiger partial charge < -0.3 is 19.3 Å². The summed E-state index contributed by atoms with van der Waals surface area (Å²) in [5, 5.41) is 3.30. The van der Waals surface area contributed by atoms with Gasteiger partial charge in [-0.2, -0.15) is 0 Å². The second-order valence-electron chi connectivity index (χ2n) is 8.71. The van der Waals surface area contributed by atoms with Gasteiger partial charge in [0, 0.05) is 17.9 Å². The summed E-state index contributed by atoms with van der Waals surface area (Å²) in [4.78, 5) is 38.6. The molecule has 0 radical (unpaired) electrons. The Balaban J connectivity index is 1.75. The lowest BCUT2D eigenvalue weighted by Gasteiger charge is -2.38. The number of likely N-dealkylation sites (tertiary alicyclic amines) is 1. The number of halogens is 1. The Morgan fingerprint density at radius 2 is 1.76 bits per heavy atom. The molecule has 1 saturated heterocycles. The van der Waals surface area contributed by atoms with Crippen molar-refractivity contribution in [1.82, 2.24) is 0 Å². The summed E-state index contributed by atoms with van der Waals surface area (Å²) in [6, 6.07) is 12.2. The zero-order valence-corrected chi connectivity index (χ0v) is 20.7. The zero-order valence-electron chi connectivity index (χ0n) is 19.9. The van der Waals surface area contributed by atoms with E-state index in [1.807, 2.05) is 37.3 Å². The second-order valence-corrected chi connectivity index (χ2v) is 9.14. The molecular formula is C26H32ClN2O5+. The molecule has 1 N–H and O–H groups in total. The third-order valence-corrected chi connectivity index (χ3v) is 6.61. The van der Waals surface area contributed by atoms with Crippen molar-refractivity contribution >= 4 is 35.1 Å². The highest BCUT2D eigenvalue weighted by atomic mass is 35.5. The first-order chi connectivity index (χ1) is 16.3. The van der Waals surface area contributed by atoms with Crippen LogP contribution in [0.4, 0.5) is 5.69 Å². The molecule has 1 aliphatic heterocycles. The number of hydrogen-bond acceptors (Lipinski definition) is 5. The average molecular weight is 488 g/mol. The van der Waals surface area contributed by atoms with Gasteiger partial charge in [-0.3, -0.25) is 4.79 Å². The van der Waals surface area contributed by atoms with Crippen molar-refractivity contribution in [3.8, 4) is 0 Å². The first-order valence-electron chi connectivity index (χ1n) is 11.6. The highest BCUT2D eigenvalue weighted by molar-refractivity contribution is 6.31. The largest absolute Gasteiger partial charge is 0.462 e. The van der Waals surface area contributed by atoms with Crippen LogP contribution in [-0.4, -0.2) is 54.6 Å². The van der Waals surface area contributed by atoms with Gasteiger partial charge in [0.15, 0.2) is 12.6 Å². The van der Waals surface area contributed by atoms with Crippen LogP contribution in [0, 0.1) is 6.92 Å². The minimum absolute atomic E-state index is 0.117. The first-order valence-corrected chi connectivity index (χ1v) is 12.0. The van der Waals surface area contributed by atoms with Crippen molar-refractivity contribution < 1.29 is 28.3 Å². The molecule has 1 amide bonds. The summed E-state index contributed by atoms with van der Waals surface area (Å²) in [7, 11) is 0. The van der Waals surface area contributed by atoms with E-state index in [1.165, 1.54) is 6.07 Å². The Bertz CT molecular complexity index is 1030. The fourth-order valence-electron chi connectivity index (χ4n) is 4.44. The van der Waals surface area contributed by atoms with Crippen LogP contribution in [0.1, 0.15) is 48.2 Å². The molecule has 1 atom stereocenters. The summed E-state index contributed by atoms with van der Waals surface area (Å²) in [6.45, 7) is 7.25. The predicted molar refractivity (Wildman–Crippen MR) is 131 cm³/mol. The SMILES string of the molecule is CCOC(=O)c1cc(Cl)cc(C)c1NC(=O)C(C)[N+]1(CC(=O)OCc2ccccc2)CCCC1. The van der Waals surface area contributed by atoms with Gasteiger partial charge in [0.1, 0.15) is 6.61 Å². The molecule has 2 aromatic carbocycles. The topological polar surface area (TPSA) is 81.7 Å². The smallest absolute Gasteiger partial charge is 0.362 e. The molecule has 1 fully saturated rings. The highest BCUT2D eigenvalue weighted by Crippen LogP contribution is 2.29. The van der Waals surface area contributed by atoms with Crippen LogP contribution in [0.3, 0.4) is 0 Å². The number of carbonyl (C=O) groups is 3. The summed E-state index contributed by atoms with van der Waals surface area (Å²) >= 11 is 6.15. The van der Waals surface area contributed by atoms with E-state index < -0.39 is 12.0 Å². The van der Waals surface area contributed by atoms with Crippen LogP contribution in [0.5, 0.6) is 0 Å². The van der Waals surface area contributed by atoms with E-state index in [4.69, 9.17) is 21.1 Å². The Hall–Kier alpha value is -2.90. The van der Waals surface area contributed by atoms with Crippen LogP contribution in [-0.2, 0) is 25.7 Å². The summed E-state index contributed by atoms with van der Waals surface area (Å²) in [5.74, 6) is -1.15. The van der Waals surface area contributed by atoms with Crippen molar-refractivity contribution in [3.05, 3.63) is 64.2 Å². The van der Waals surface area contributed by atoms with Crippen molar-refractivity contribution in [2.24, 2.45) is 0 Å². The normalized spacial score (nSPS) is 15.4. The van der Waals surface area contributed by atoms with Gasteiger partial charge in [-0.05, 0) is 44.0 Å². The van der Waals surface area contributed by atoms with Gasteiger partial charge in [-0.15, -0.1) is 0 Å². The molecular weight excluding hydrogens is 456 g/mol. The van der Waals surface area contributed by atoms with E-state index >= 15 is 0 Å². The monoisotopic (exact) mass is 487 g/mol. The zero-order chi connectivity index (χ0) is 24.7. The molecule has 0 saturated carbocycles. The third-order valence-electron chi connectivity index (χ3n) is 6.39. The minimum atomic E-state index is -0.550. The van der Waals surface area contributed by atoms with Gasteiger partial charge in [0.05, 0.1) is 30.9 Å². The van der Waals surface area contributed by atoms with Crippen LogP contribution in [0.15, 0.2) is 42.5 Å². The van der Waals surface area contributed by atoms with Crippen LogP contribution < -0.4 is 5.32 Å². The predicted octanol–water partition coefficient (Wildman–Crippen LogP) is 4.51. The van der Waals surface area contributed by atoms with E-state index in [-0.39, 0.29) is 37.2 Å². The fourth-order valence-corrected chi connectivity index (χ4v) is 4.72. The van der Waals surface area contributed by atoms with Gasteiger partial charge in [-0.1, -0.05) is 41.9 Å². The molecule has 3 rings (SSSR count). The highest BCUT2D eigenvalue weighted by Gasteiger charge is 2.43. The van der Waals surface area contributed by atoms with E-state index in [0.29, 0.717) is 33.8 Å². The lowest BCUT2D eigenvalue weighted by Crippen LogP contribution is -2.59. The van der Waals surface area contributed by atoms with E-state index in [0.717, 1.165) is 18.4 Å². The number of hydrogen-bond donors (Lipinski definition) is 1. The van der Waals surface area contributed by atoms with Crippen molar-refractivity contribution in [2.75, 3.05) is 31.6 Å². The number of quaternary nitrogens is 1. The molecule has 1 aliphatic rings. The molecule has 182 valence electrons. The number of amides is 1. The number of benzene rings is 2. The molecule has 0 spiro atoms. The number of carbonyl (C=O) groups excluding carboxylic acids is 3. The Labute approximate surface area is 205 Å². The van der Waals surface area contributed by atoms with E-state index in [9.17, 15) is 14.4 Å². The molecule has 0 aromatic heterocycles. The Kier molecular flexibility index (Phi) is 8.69. The number of aryl methyl sites for hydroxylation is 1. The number of anilines is 1. The van der Waals surface area contributed by atoms with Gasteiger partial charge in [0.25, 0.3) is 5.91 Å². The standard InChI is InChI=1S/C26H31ClN2O5/c1-4-33-26(32)22-15-21(27)14-18(2)24(22)28-25(31)19(3)29(12-8-9-13-29)16-23(30)34-17-20-10-6-5-7-11-20/h5-7,10-11,14-15,19H,4,8-9,12-13,16-17H2,1-3H3/p+1. The number of nitrogens with zero attached hydrogens (tertiary/aromatic N) is 1. The second kappa shape index (κ2) is 11.5. The maximum Gasteiger partial charge on any atom is 0.362 e. The van der Waals surface area contributed by atoms with Crippen LogP contribution in [0.25, 0.3) is 0 Å². The van der Waals surface area contributed by atoms with Crippen molar-refractivity contribution in [3.63, 3.8) is 0 Å². The molecule has 7 nitrogen and oxygen atoms in total. The third kappa shape index (κ3) is 6.15. The molecule has 1 heterocycles. The number of rotatable bonds is 9. The average Bonchev–Trinajstić information content (AvgIpc) is 3.29. The number of esters is 2. The Morgan fingerprint density at radius 3 is 2.41 bits per heavy atom. The fraction of sp³-hybridized carbons (Fsp3) is 0.423. The quantitative estimate of drug-likeness (QED) is 0.416. The van der Waals surface area contributed by atoms with Gasteiger partial charge >= 0.3 is 11.9 Å². The summed E-state index contributed by atoms with van der Waals surface area (Å²) in [6.07, 6.45) is 1.86. The summed E-state index contributed by atoms with van der Waals surface area (Å²) < 4.78 is 11.0. The lowest BCUT2D eigenvalue weighted by atomic mass is 10.1. The van der Waals surface area contributed by atoms with Crippen LogP contribution in [0.2, 0.25) is 5.02 Å². The van der Waals surface area contributed by atoms with Crippen molar-refractivity contribution in [2.45, 2.75) is 46.3 Å². The molecule has 8 heteroatoms. The molecule has 2 aromatic rings. The Morgan fingerprint density at radius 1 is 1.09 bits per heavy atom. The van der Waals surface area contributed by atoms with E-state index in [1.54, 1.807) is 19.9 Å². The number of nitrogens with one attached hydrogen (secondary N) is 1. The molecule has 34 heavy (non-hydrogen) atoms. The summed E-state index contributed by atoms with van der Waals surface area (Å²) in [5.41, 5.74) is 2.16. The van der Waals surface area contributed by atoms with Crippen LogP contribution >= 0.6 is 11.6 Å². The minimum Gasteiger partial charge on any atom is -0.462 e.